The number of ether oxygens (including phenoxy) is 4. The molecule has 27 heavy (non-hydrogen) atoms. The molecule has 7 heteroatoms. The lowest BCUT2D eigenvalue weighted by molar-refractivity contribution is -0.239. The Balaban J connectivity index is 1.67. The van der Waals surface area contributed by atoms with E-state index in [0.717, 1.165) is 0 Å². The van der Waals surface area contributed by atoms with Crippen LogP contribution in [0, 0.1) is 28.1 Å². The molecule has 4 heterocycles. The number of fused-ring (bicyclic) bond motifs is 1. The summed E-state index contributed by atoms with van der Waals surface area (Å²) in [6.45, 7) is 8.90. The average Bonchev–Trinajstić information content (AvgIpc) is 3.30. The average molecular weight is 380 g/mol. The second kappa shape index (κ2) is 4.38. The molecule has 0 unspecified atom stereocenters. The molecular formula is C20H28O7. The van der Waals surface area contributed by atoms with Gasteiger partial charge in [0.25, 0.3) is 0 Å². The van der Waals surface area contributed by atoms with E-state index < -0.39 is 52.6 Å². The van der Waals surface area contributed by atoms with Crippen molar-refractivity contribution in [2.45, 2.75) is 76.3 Å². The van der Waals surface area contributed by atoms with E-state index in [1.54, 1.807) is 0 Å². The van der Waals surface area contributed by atoms with E-state index in [-0.39, 0.29) is 23.9 Å². The Morgan fingerprint density at radius 2 is 1.89 bits per heavy atom. The standard InChI is InChI=1S/C20H28O7/c1-9-7-24-13-6-17-12-5-10(16(2,3)4)18(17)11(21)8-25-15(18)27-20(17,14(22)26-12)19(9,13)23/h9-13,15,21,23H,5-8H2,1-4H3/t9-,10+,11+,12-,13+,15+,17+,18-,19-,20+/m1/s1. The van der Waals surface area contributed by atoms with Gasteiger partial charge in [0, 0.05) is 5.92 Å². The zero-order valence-corrected chi connectivity index (χ0v) is 16.2. The highest BCUT2D eigenvalue weighted by atomic mass is 16.7. The largest absolute Gasteiger partial charge is 0.459 e. The zero-order chi connectivity index (χ0) is 19.2. The van der Waals surface area contributed by atoms with E-state index in [0.29, 0.717) is 19.4 Å². The molecule has 6 fully saturated rings. The number of aliphatic hydroxyl groups excluding tert-OH is 1. The molecule has 7 nitrogen and oxygen atoms in total. The third-order valence-corrected chi connectivity index (χ3v) is 9.05. The van der Waals surface area contributed by atoms with Crippen molar-refractivity contribution in [1.29, 1.82) is 0 Å². The highest BCUT2D eigenvalue weighted by Gasteiger charge is 2.99. The summed E-state index contributed by atoms with van der Waals surface area (Å²) in [7, 11) is 0. The minimum Gasteiger partial charge on any atom is -0.459 e. The molecule has 4 saturated heterocycles. The van der Waals surface area contributed by atoms with Crippen molar-refractivity contribution in [1.82, 2.24) is 0 Å². The van der Waals surface area contributed by atoms with Gasteiger partial charge in [-0.15, -0.1) is 0 Å². The quantitative estimate of drug-likeness (QED) is 0.595. The minimum absolute atomic E-state index is 0.0326. The SMILES string of the molecule is C[C@@H]1CO[C@H]2C[C@]34[C@H]5C[C@@H](C(C)(C)C)[C@@]36[C@@H](OC[C@@H]6O)O[C@]4(C(=O)O5)[C@@]12O. The molecule has 2 aliphatic carbocycles. The van der Waals surface area contributed by atoms with Gasteiger partial charge in [0.2, 0.25) is 5.60 Å². The van der Waals surface area contributed by atoms with Crippen molar-refractivity contribution in [3.63, 3.8) is 0 Å². The molecule has 0 aromatic carbocycles. The van der Waals surface area contributed by atoms with Gasteiger partial charge in [-0.3, -0.25) is 0 Å². The summed E-state index contributed by atoms with van der Waals surface area (Å²) in [5.74, 6) is -0.744. The van der Waals surface area contributed by atoms with Gasteiger partial charge in [-0.25, -0.2) is 4.79 Å². The number of hydrogen-bond acceptors (Lipinski definition) is 7. The van der Waals surface area contributed by atoms with Gasteiger partial charge in [-0.1, -0.05) is 27.7 Å². The van der Waals surface area contributed by atoms with E-state index in [1.165, 1.54) is 0 Å². The third kappa shape index (κ3) is 1.31. The Kier molecular flexibility index (Phi) is 2.79. The monoisotopic (exact) mass is 380 g/mol. The van der Waals surface area contributed by atoms with Crippen LogP contribution in [-0.4, -0.2) is 65.2 Å². The Hall–Kier alpha value is -0.730. The van der Waals surface area contributed by atoms with Crippen molar-refractivity contribution < 1.29 is 34.0 Å². The van der Waals surface area contributed by atoms with Crippen LogP contribution in [0.25, 0.3) is 0 Å². The molecule has 6 rings (SSSR count). The van der Waals surface area contributed by atoms with Crippen LogP contribution in [-0.2, 0) is 23.7 Å². The number of carbonyl (C=O) groups excluding carboxylic acids is 1. The molecule has 2 saturated carbocycles. The van der Waals surface area contributed by atoms with Crippen molar-refractivity contribution in [3.8, 4) is 0 Å². The summed E-state index contributed by atoms with van der Waals surface area (Å²) in [4.78, 5) is 13.3. The van der Waals surface area contributed by atoms with Crippen molar-refractivity contribution in [2.24, 2.45) is 28.1 Å². The molecule has 150 valence electrons. The van der Waals surface area contributed by atoms with E-state index in [2.05, 4.69) is 20.8 Å². The topological polar surface area (TPSA) is 94.5 Å². The Morgan fingerprint density at radius 1 is 1.15 bits per heavy atom. The molecular weight excluding hydrogens is 352 g/mol. The third-order valence-electron chi connectivity index (χ3n) is 9.05. The van der Waals surface area contributed by atoms with E-state index >= 15 is 0 Å². The molecule has 0 radical (unpaired) electrons. The fourth-order valence-corrected chi connectivity index (χ4v) is 8.29. The maximum Gasteiger partial charge on any atom is 0.342 e. The van der Waals surface area contributed by atoms with Gasteiger partial charge >= 0.3 is 5.97 Å². The highest BCUT2D eigenvalue weighted by molar-refractivity contribution is 5.89. The number of hydrogen-bond donors (Lipinski definition) is 2. The lowest BCUT2D eigenvalue weighted by Crippen LogP contribution is -2.66. The van der Waals surface area contributed by atoms with Gasteiger partial charge < -0.3 is 29.2 Å². The van der Waals surface area contributed by atoms with Crippen LogP contribution in [0.5, 0.6) is 0 Å². The summed E-state index contributed by atoms with van der Waals surface area (Å²) < 4.78 is 24.3. The van der Waals surface area contributed by atoms with E-state index in [4.69, 9.17) is 18.9 Å². The lowest BCUT2D eigenvalue weighted by Gasteiger charge is -2.48. The van der Waals surface area contributed by atoms with E-state index in [9.17, 15) is 15.0 Å². The molecule has 0 amide bonds. The van der Waals surface area contributed by atoms with Crippen LogP contribution in [0.1, 0.15) is 40.5 Å². The number of esters is 1. The summed E-state index contributed by atoms with van der Waals surface area (Å²) in [6, 6.07) is 0. The van der Waals surface area contributed by atoms with Crippen LogP contribution in [0.15, 0.2) is 0 Å². The van der Waals surface area contributed by atoms with Crippen LogP contribution < -0.4 is 0 Å². The highest BCUT2D eigenvalue weighted by Crippen LogP contribution is 2.84. The first-order valence-corrected chi connectivity index (χ1v) is 10.1. The lowest BCUT2D eigenvalue weighted by atomic mass is 9.51. The fraction of sp³-hybridized carbons (Fsp3) is 0.950. The van der Waals surface area contributed by atoms with Crippen LogP contribution in [0.2, 0.25) is 0 Å². The van der Waals surface area contributed by atoms with Gasteiger partial charge in [0.05, 0.1) is 36.3 Å². The summed E-state index contributed by atoms with van der Waals surface area (Å²) >= 11 is 0. The predicted octanol–water partition coefficient (Wildman–Crippen LogP) is 0.606. The van der Waals surface area contributed by atoms with Crippen molar-refractivity contribution in [2.75, 3.05) is 13.2 Å². The smallest absolute Gasteiger partial charge is 0.342 e. The zero-order valence-electron chi connectivity index (χ0n) is 16.2. The molecule has 6 aliphatic rings. The summed E-state index contributed by atoms with van der Waals surface area (Å²) in [5.41, 5.74) is -4.76. The molecule has 0 aromatic heterocycles. The minimum atomic E-state index is -1.53. The fourth-order valence-electron chi connectivity index (χ4n) is 8.29. The Morgan fingerprint density at radius 3 is 2.59 bits per heavy atom. The maximum atomic E-state index is 13.3. The first-order valence-electron chi connectivity index (χ1n) is 10.1. The predicted molar refractivity (Wildman–Crippen MR) is 90.3 cm³/mol. The Labute approximate surface area is 158 Å². The molecule has 2 N–H and O–H groups in total. The normalized spacial score (nSPS) is 63.1. The molecule has 10 atom stereocenters. The second-order valence-corrected chi connectivity index (χ2v) is 10.7. The molecule has 4 aliphatic heterocycles. The number of rotatable bonds is 0. The number of aliphatic hydroxyl groups is 2. The second-order valence-electron chi connectivity index (χ2n) is 10.7. The van der Waals surface area contributed by atoms with Crippen molar-refractivity contribution in [3.05, 3.63) is 0 Å². The Bertz CT molecular complexity index is 747. The molecule has 0 bridgehead atoms. The van der Waals surface area contributed by atoms with Crippen LogP contribution in [0.4, 0.5) is 0 Å². The maximum absolute atomic E-state index is 13.3. The van der Waals surface area contributed by atoms with Crippen LogP contribution in [0.3, 0.4) is 0 Å². The first-order chi connectivity index (χ1) is 12.6. The van der Waals surface area contributed by atoms with Gasteiger partial charge in [-0.2, -0.15) is 0 Å². The molecule has 2 spiro atoms. The summed E-state index contributed by atoms with van der Waals surface area (Å²) in [5, 5.41) is 23.2. The van der Waals surface area contributed by atoms with Gasteiger partial charge in [0.1, 0.15) is 11.7 Å². The number of carbonyl (C=O) groups is 1. The molecule has 0 aromatic rings. The first kappa shape index (κ1) is 17.2. The van der Waals surface area contributed by atoms with Gasteiger partial charge in [0.15, 0.2) is 6.29 Å². The summed E-state index contributed by atoms with van der Waals surface area (Å²) in [6.07, 6.45) is -1.28. The van der Waals surface area contributed by atoms with Gasteiger partial charge in [-0.05, 0) is 24.2 Å². The van der Waals surface area contributed by atoms with E-state index in [1.807, 2.05) is 6.92 Å². The van der Waals surface area contributed by atoms with Crippen LogP contribution >= 0.6 is 0 Å². The van der Waals surface area contributed by atoms with Crippen molar-refractivity contribution >= 4 is 5.97 Å².